The molecule has 2 fully saturated rings. The summed E-state index contributed by atoms with van der Waals surface area (Å²) in [6.45, 7) is 4.30. The lowest BCUT2D eigenvalue weighted by molar-refractivity contribution is 0.177. The molecule has 0 bridgehead atoms. The molecule has 1 atom stereocenters. The molecule has 2 aliphatic rings. The Morgan fingerprint density at radius 2 is 1.95 bits per heavy atom. The Labute approximate surface area is 134 Å². The zero-order chi connectivity index (χ0) is 15.2. The summed E-state index contributed by atoms with van der Waals surface area (Å²) >= 11 is 0. The molecule has 1 aliphatic heterocycles. The smallest absolute Gasteiger partial charge is 0.123 e. The molecule has 3 heteroatoms. The van der Waals surface area contributed by atoms with E-state index in [0.717, 1.165) is 31.1 Å². The molecule has 1 unspecified atom stereocenters. The van der Waals surface area contributed by atoms with Gasteiger partial charge in [0.15, 0.2) is 0 Å². The van der Waals surface area contributed by atoms with Crippen molar-refractivity contribution < 1.29 is 4.39 Å². The van der Waals surface area contributed by atoms with Crippen molar-refractivity contribution in [2.75, 3.05) is 19.6 Å². The lowest BCUT2D eigenvalue weighted by Gasteiger charge is -2.34. The van der Waals surface area contributed by atoms with Crippen LogP contribution in [0.3, 0.4) is 0 Å². The maximum Gasteiger partial charge on any atom is 0.123 e. The van der Waals surface area contributed by atoms with E-state index in [1.807, 2.05) is 12.1 Å². The van der Waals surface area contributed by atoms with Crippen molar-refractivity contribution in [3.8, 4) is 0 Å². The first-order valence-electron chi connectivity index (χ1n) is 9.00. The first kappa shape index (κ1) is 15.9. The number of rotatable bonds is 5. The summed E-state index contributed by atoms with van der Waals surface area (Å²) in [5.41, 5.74) is 1.09. The second kappa shape index (κ2) is 8.07. The van der Waals surface area contributed by atoms with Gasteiger partial charge in [0.25, 0.3) is 0 Å². The molecule has 1 saturated carbocycles. The number of likely N-dealkylation sites (tertiary alicyclic amines) is 1. The first-order chi connectivity index (χ1) is 10.8. The van der Waals surface area contributed by atoms with Crippen molar-refractivity contribution in [1.29, 1.82) is 0 Å². The number of halogens is 1. The molecule has 2 nitrogen and oxygen atoms in total. The molecule has 122 valence electrons. The van der Waals surface area contributed by atoms with Gasteiger partial charge in [-0.1, -0.05) is 31.4 Å². The molecule has 0 amide bonds. The summed E-state index contributed by atoms with van der Waals surface area (Å²) in [4.78, 5) is 2.47. The molecule has 1 saturated heterocycles. The van der Waals surface area contributed by atoms with Crippen LogP contribution < -0.4 is 5.32 Å². The maximum absolute atomic E-state index is 13.3. The van der Waals surface area contributed by atoms with Crippen molar-refractivity contribution in [1.82, 2.24) is 10.2 Å². The first-order valence-corrected chi connectivity index (χ1v) is 9.00. The summed E-state index contributed by atoms with van der Waals surface area (Å²) < 4.78 is 13.3. The van der Waals surface area contributed by atoms with E-state index in [1.165, 1.54) is 57.6 Å². The molecule has 0 aromatic heterocycles. The van der Waals surface area contributed by atoms with Crippen LogP contribution in [-0.2, 0) is 6.54 Å². The van der Waals surface area contributed by atoms with Gasteiger partial charge in [0.1, 0.15) is 5.82 Å². The van der Waals surface area contributed by atoms with E-state index < -0.39 is 0 Å². The van der Waals surface area contributed by atoms with Crippen molar-refractivity contribution >= 4 is 0 Å². The standard InChI is InChI=1S/C19H29FN2/c20-18-9-4-8-17(12-18)14-22-11-5-10-19(15-22)21-13-16-6-2-1-3-7-16/h4,8-9,12,16,19,21H,1-3,5-7,10-11,13-15H2. The van der Waals surface area contributed by atoms with Gasteiger partial charge < -0.3 is 5.32 Å². The van der Waals surface area contributed by atoms with Gasteiger partial charge in [0.2, 0.25) is 0 Å². The highest BCUT2D eigenvalue weighted by atomic mass is 19.1. The molecular formula is C19H29FN2. The molecule has 22 heavy (non-hydrogen) atoms. The molecule has 0 spiro atoms. The quantitative estimate of drug-likeness (QED) is 0.886. The van der Waals surface area contributed by atoms with E-state index in [1.54, 1.807) is 6.07 Å². The van der Waals surface area contributed by atoms with Gasteiger partial charge in [-0.25, -0.2) is 4.39 Å². The number of hydrogen-bond acceptors (Lipinski definition) is 2. The summed E-state index contributed by atoms with van der Waals surface area (Å²) in [5.74, 6) is 0.772. The monoisotopic (exact) mass is 304 g/mol. The summed E-state index contributed by atoms with van der Waals surface area (Å²) in [6, 6.07) is 7.65. The largest absolute Gasteiger partial charge is 0.312 e. The number of benzene rings is 1. The summed E-state index contributed by atoms with van der Waals surface area (Å²) in [5, 5.41) is 3.80. The van der Waals surface area contributed by atoms with Crippen LogP contribution in [0.1, 0.15) is 50.5 Å². The van der Waals surface area contributed by atoms with Crippen molar-refractivity contribution in [2.45, 2.75) is 57.5 Å². The second-order valence-electron chi connectivity index (χ2n) is 7.12. The Morgan fingerprint density at radius 3 is 2.77 bits per heavy atom. The SMILES string of the molecule is Fc1cccc(CN2CCCC(NCC3CCCCC3)C2)c1. The summed E-state index contributed by atoms with van der Waals surface area (Å²) in [6.07, 6.45) is 9.62. The van der Waals surface area contributed by atoms with Gasteiger partial charge >= 0.3 is 0 Å². The minimum absolute atomic E-state index is 0.124. The highest BCUT2D eigenvalue weighted by Crippen LogP contribution is 2.23. The third-order valence-electron chi connectivity index (χ3n) is 5.22. The van der Waals surface area contributed by atoms with Gasteiger partial charge in [-0.05, 0) is 62.4 Å². The highest BCUT2D eigenvalue weighted by Gasteiger charge is 2.21. The van der Waals surface area contributed by atoms with Crippen LogP contribution in [0.2, 0.25) is 0 Å². The van der Waals surface area contributed by atoms with Crippen LogP contribution in [0.4, 0.5) is 4.39 Å². The summed E-state index contributed by atoms with van der Waals surface area (Å²) in [7, 11) is 0. The molecule has 1 aromatic carbocycles. The van der Waals surface area contributed by atoms with Crippen LogP contribution in [0.25, 0.3) is 0 Å². The normalized spacial score (nSPS) is 24.5. The van der Waals surface area contributed by atoms with Crippen LogP contribution in [0.15, 0.2) is 24.3 Å². The van der Waals surface area contributed by atoms with Crippen molar-refractivity contribution in [3.63, 3.8) is 0 Å². The van der Waals surface area contributed by atoms with E-state index in [-0.39, 0.29) is 5.82 Å². The molecule has 1 aromatic rings. The fraction of sp³-hybridized carbons (Fsp3) is 0.684. The Hall–Kier alpha value is -0.930. The van der Waals surface area contributed by atoms with Gasteiger partial charge in [-0.3, -0.25) is 4.90 Å². The number of hydrogen-bond donors (Lipinski definition) is 1. The third kappa shape index (κ3) is 4.79. The van der Waals surface area contributed by atoms with Crippen LogP contribution in [0, 0.1) is 11.7 Å². The minimum Gasteiger partial charge on any atom is -0.312 e. The highest BCUT2D eigenvalue weighted by molar-refractivity contribution is 5.16. The Kier molecular flexibility index (Phi) is 5.85. The fourth-order valence-corrected chi connectivity index (χ4v) is 3.98. The third-order valence-corrected chi connectivity index (χ3v) is 5.22. The Balaban J connectivity index is 1.44. The molecule has 1 heterocycles. The lowest BCUT2D eigenvalue weighted by Crippen LogP contribution is -2.46. The molecule has 0 radical (unpaired) electrons. The average Bonchev–Trinajstić information content (AvgIpc) is 2.54. The van der Waals surface area contributed by atoms with Crippen molar-refractivity contribution in [3.05, 3.63) is 35.6 Å². The minimum atomic E-state index is -0.124. The van der Waals surface area contributed by atoms with E-state index >= 15 is 0 Å². The van der Waals surface area contributed by atoms with Gasteiger partial charge in [0, 0.05) is 19.1 Å². The molecule has 3 rings (SSSR count). The van der Waals surface area contributed by atoms with E-state index in [0.29, 0.717) is 6.04 Å². The van der Waals surface area contributed by atoms with Crippen LogP contribution in [0.5, 0.6) is 0 Å². The van der Waals surface area contributed by atoms with Gasteiger partial charge in [0.05, 0.1) is 0 Å². The number of piperidine rings is 1. The van der Waals surface area contributed by atoms with Gasteiger partial charge in [-0.15, -0.1) is 0 Å². The van der Waals surface area contributed by atoms with E-state index in [2.05, 4.69) is 10.2 Å². The number of nitrogens with one attached hydrogen (secondary N) is 1. The average molecular weight is 304 g/mol. The van der Waals surface area contributed by atoms with E-state index in [4.69, 9.17) is 0 Å². The van der Waals surface area contributed by atoms with E-state index in [9.17, 15) is 4.39 Å². The predicted molar refractivity (Wildman–Crippen MR) is 89.3 cm³/mol. The number of nitrogens with zero attached hydrogens (tertiary/aromatic N) is 1. The Morgan fingerprint density at radius 1 is 1.09 bits per heavy atom. The predicted octanol–water partition coefficient (Wildman–Crippen LogP) is 3.96. The van der Waals surface area contributed by atoms with Gasteiger partial charge in [-0.2, -0.15) is 0 Å². The zero-order valence-electron chi connectivity index (χ0n) is 13.6. The maximum atomic E-state index is 13.3. The second-order valence-corrected chi connectivity index (χ2v) is 7.12. The van der Waals surface area contributed by atoms with Crippen molar-refractivity contribution in [2.24, 2.45) is 5.92 Å². The zero-order valence-corrected chi connectivity index (χ0v) is 13.6. The molecule has 1 aliphatic carbocycles. The Bertz CT molecular complexity index is 457. The topological polar surface area (TPSA) is 15.3 Å². The molecule has 1 N–H and O–H groups in total. The lowest BCUT2D eigenvalue weighted by atomic mass is 9.89. The molecular weight excluding hydrogens is 275 g/mol. The van der Waals surface area contributed by atoms with Crippen LogP contribution in [-0.4, -0.2) is 30.6 Å². The van der Waals surface area contributed by atoms with Crippen LogP contribution >= 0.6 is 0 Å². The fourth-order valence-electron chi connectivity index (χ4n) is 3.98.